The normalized spacial score (nSPS) is 11.8. The van der Waals surface area contributed by atoms with Crippen molar-refractivity contribution in [1.82, 2.24) is 9.29 Å². The lowest BCUT2D eigenvalue weighted by Crippen LogP contribution is -2.27. The second-order valence-corrected chi connectivity index (χ2v) is 6.75. The summed E-state index contributed by atoms with van der Waals surface area (Å²) in [5.74, 6) is 0. The van der Waals surface area contributed by atoms with Crippen LogP contribution in [0.3, 0.4) is 0 Å². The van der Waals surface area contributed by atoms with E-state index in [1.807, 2.05) is 0 Å². The largest absolute Gasteiger partial charge is 0.398 e. The zero-order valence-electron chi connectivity index (χ0n) is 10.8. The van der Waals surface area contributed by atoms with Gasteiger partial charge in [-0.05, 0) is 35.9 Å². The molecule has 0 fully saturated rings. The monoisotopic (exact) mass is 311 g/mol. The van der Waals surface area contributed by atoms with Crippen molar-refractivity contribution in [3.05, 3.63) is 53.3 Å². The maximum atomic E-state index is 12.5. The van der Waals surface area contributed by atoms with Crippen LogP contribution in [0.5, 0.6) is 0 Å². The van der Waals surface area contributed by atoms with E-state index in [1.54, 1.807) is 30.6 Å². The maximum Gasteiger partial charge on any atom is 0.245 e. The Morgan fingerprint density at radius 3 is 2.55 bits per heavy atom. The van der Waals surface area contributed by atoms with Gasteiger partial charge >= 0.3 is 0 Å². The highest BCUT2D eigenvalue weighted by atomic mass is 35.5. The number of aromatic nitrogens is 1. The number of anilines is 1. The van der Waals surface area contributed by atoms with Crippen molar-refractivity contribution in [2.75, 3.05) is 12.8 Å². The SMILES string of the molecule is CN(Cc1ccncc1)S(=O)(=O)c1cc(Cl)ccc1N. The fourth-order valence-corrected chi connectivity index (χ4v) is 3.26. The lowest BCUT2D eigenvalue weighted by molar-refractivity contribution is 0.467. The molecule has 2 N–H and O–H groups in total. The zero-order valence-corrected chi connectivity index (χ0v) is 12.4. The van der Waals surface area contributed by atoms with Gasteiger partial charge in [0.1, 0.15) is 4.90 Å². The highest BCUT2D eigenvalue weighted by Gasteiger charge is 2.23. The average molecular weight is 312 g/mol. The highest BCUT2D eigenvalue weighted by Crippen LogP contribution is 2.25. The van der Waals surface area contributed by atoms with Crippen LogP contribution in [-0.4, -0.2) is 24.8 Å². The summed E-state index contributed by atoms with van der Waals surface area (Å²) in [4.78, 5) is 3.91. The molecule has 1 aromatic heterocycles. The lowest BCUT2D eigenvalue weighted by Gasteiger charge is -2.18. The summed E-state index contributed by atoms with van der Waals surface area (Å²) >= 11 is 5.84. The number of rotatable bonds is 4. The highest BCUT2D eigenvalue weighted by molar-refractivity contribution is 7.89. The Balaban J connectivity index is 2.32. The first kappa shape index (κ1) is 14.8. The number of nitrogens with two attached hydrogens (primary N) is 1. The second kappa shape index (κ2) is 5.78. The molecule has 0 radical (unpaired) electrons. The van der Waals surface area contributed by atoms with Gasteiger partial charge in [-0.1, -0.05) is 11.6 Å². The van der Waals surface area contributed by atoms with E-state index in [4.69, 9.17) is 17.3 Å². The summed E-state index contributed by atoms with van der Waals surface area (Å²) in [6.45, 7) is 0.233. The molecule has 0 aliphatic heterocycles. The molecule has 0 atom stereocenters. The van der Waals surface area contributed by atoms with Gasteiger partial charge < -0.3 is 5.73 Å². The van der Waals surface area contributed by atoms with Crippen LogP contribution >= 0.6 is 11.6 Å². The molecule has 0 unspecified atom stereocenters. The third-order valence-corrected chi connectivity index (χ3v) is 4.91. The van der Waals surface area contributed by atoms with E-state index in [2.05, 4.69) is 4.98 Å². The predicted octanol–water partition coefficient (Wildman–Crippen LogP) is 2.14. The number of hydrogen-bond donors (Lipinski definition) is 1. The van der Waals surface area contributed by atoms with Crippen LogP contribution in [0.1, 0.15) is 5.56 Å². The third kappa shape index (κ3) is 3.09. The number of pyridine rings is 1. The van der Waals surface area contributed by atoms with E-state index in [0.717, 1.165) is 5.56 Å². The van der Waals surface area contributed by atoms with Crippen LogP contribution in [0.15, 0.2) is 47.6 Å². The van der Waals surface area contributed by atoms with Crippen molar-refractivity contribution < 1.29 is 8.42 Å². The van der Waals surface area contributed by atoms with Gasteiger partial charge in [0.15, 0.2) is 0 Å². The van der Waals surface area contributed by atoms with E-state index in [1.165, 1.54) is 23.5 Å². The maximum absolute atomic E-state index is 12.5. The molecule has 0 bridgehead atoms. The molecular formula is C13H14ClN3O2S. The van der Waals surface area contributed by atoms with Gasteiger partial charge in [-0.15, -0.1) is 0 Å². The Morgan fingerprint density at radius 1 is 1.25 bits per heavy atom. The van der Waals surface area contributed by atoms with Crippen LogP contribution < -0.4 is 5.73 Å². The first-order valence-corrected chi connectivity index (χ1v) is 7.63. The van der Waals surface area contributed by atoms with Gasteiger partial charge in [0.2, 0.25) is 10.0 Å². The van der Waals surface area contributed by atoms with Gasteiger partial charge in [0, 0.05) is 31.0 Å². The molecule has 2 aromatic rings. The van der Waals surface area contributed by atoms with Crippen molar-refractivity contribution in [2.24, 2.45) is 0 Å². The van der Waals surface area contributed by atoms with Gasteiger partial charge in [0.05, 0.1) is 5.69 Å². The number of hydrogen-bond acceptors (Lipinski definition) is 4. The summed E-state index contributed by atoms with van der Waals surface area (Å²) in [7, 11) is -2.19. The van der Waals surface area contributed by atoms with E-state index in [-0.39, 0.29) is 17.1 Å². The topological polar surface area (TPSA) is 76.3 Å². The summed E-state index contributed by atoms with van der Waals surface area (Å²) in [6, 6.07) is 7.91. The van der Waals surface area contributed by atoms with Crippen molar-refractivity contribution in [1.29, 1.82) is 0 Å². The first-order chi connectivity index (χ1) is 9.41. The fraction of sp³-hybridized carbons (Fsp3) is 0.154. The van der Waals surface area contributed by atoms with E-state index in [9.17, 15) is 8.42 Å². The Hall–Kier alpha value is -1.63. The first-order valence-electron chi connectivity index (χ1n) is 5.81. The average Bonchev–Trinajstić information content (AvgIpc) is 2.42. The number of benzene rings is 1. The Labute approximate surface area is 123 Å². The molecule has 0 saturated carbocycles. The molecule has 0 aliphatic carbocycles. The molecule has 1 aromatic carbocycles. The molecule has 7 heteroatoms. The summed E-state index contributed by atoms with van der Waals surface area (Å²) < 4.78 is 26.2. The van der Waals surface area contributed by atoms with Crippen molar-refractivity contribution in [3.8, 4) is 0 Å². The Kier molecular flexibility index (Phi) is 4.27. The molecule has 0 saturated heterocycles. The van der Waals surface area contributed by atoms with Crippen molar-refractivity contribution >= 4 is 27.3 Å². The fourth-order valence-electron chi connectivity index (χ4n) is 1.73. The molecule has 5 nitrogen and oxygen atoms in total. The zero-order chi connectivity index (χ0) is 14.8. The number of halogens is 1. The van der Waals surface area contributed by atoms with Gasteiger partial charge in [-0.3, -0.25) is 4.98 Å². The second-order valence-electron chi connectivity index (χ2n) is 4.30. The molecular weight excluding hydrogens is 298 g/mol. The Bertz CT molecular complexity index is 705. The standard InChI is InChI=1S/C13H14ClN3O2S/c1-17(9-10-4-6-16-7-5-10)20(18,19)13-8-11(14)2-3-12(13)15/h2-8H,9,15H2,1H3. The quantitative estimate of drug-likeness (QED) is 0.878. The van der Waals surface area contributed by atoms with Crippen LogP contribution in [0.25, 0.3) is 0 Å². The summed E-state index contributed by atoms with van der Waals surface area (Å²) in [5, 5.41) is 0.329. The number of sulfonamides is 1. The number of nitrogens with zero attached hydrogens (tertiary/aromatic N) is 2. The van der Waals surface area contributed by atoms with Crippen LogP contribution in [0, 0.1) is 0 Å². The molecule has 0 amide bonds. The molecule has 2 rings (SSSR count). The van der Waals surface area contributed by atoms with Crippen LogP contribution in [0.4, 0.5) is 5.69 Å². The minimum absolute atomic E-state index is 0.0153. The minimum atomic E-state index is -3.69. The Morgan fingerprint density at radius 2 is 1.90 bits per heavy atom. The predicted molar refractivity (Wildman–Crippen MR) is 78.8 cm³/mol. The third-order valence-electron chi connectivity index (χ3n) is 2.82. The minimum Gasteiger partial charge on any atom is -0.398 e. The molecule has 20 heavy (non-hydrogen) atoms. The van der Waals surface area contributed by atoms with Crippen LogP contribution in [0.2, 0.25) is 5.02 Å². The molecule has 1 heterocycles. The molecule has 0 spiro atoms. The van der Waals surface area contributed by atoms with E-state index >= 15 is 0 Å². The van der Waals surface area contributed by atoms with Crippen molar-refractivity contribution in [2.45, 2.75) is 11.4 Å². The smallest absolute Gasteiger partial charge is 0.245 e. The summed E-state index contributed by atoms with van der Waals surface area (Å²) in [5.41, 5.74) is 6.75. The molecule has 0 aliphatic rings. The van der Waals surface area contributed by atoms with Crippen LogP contribution in [-0.2, 0) is 16.6 Å². The molecule has 106 valence electrons. The van der Waals surface area contributed by atoms with E-state index in [0.29, 0.717) is 5.02 Å². The summed E-state index contributed by atoms with van der Waals surface area (Å²) in [6.07, 6.45) is 3.23. The van der Waals surface area contributed by atoms with Gasteiger partial charge in [-0.25, -0.2) is 8.42 Å². The van der Waals surface area contributed by atoms with Gasteiger partial charge in [0.25, 0.3) is 0 Å². The number of nitrogen functional groups attached to an aromatic ring is 1. The van der Waals surface area contributed by atoms with Crippen molar-refractivity contribution in [3.63, 3.8) is 0 Å². The van der Waals surface area contributed by atoms with Gasteiger partial charge in [-0.2, -0.15) is 4.31 Å². The lowest BCUT2D eigenvalue weighted by atomic mass is 10.3. The van der Waals surface area contributed by atoms with E-state index < -0.39 is 10.0 Å².